The highest BCUT2D eigenvalue weighted by atomic mass is 32.1. The minimum absolute atomic E-state index is 0.340. The molecule has 0 N–H and O–H groups in total. The van der Waals surface area contributed by atoms with Gasteiger partial charge in [-0.3, -0.25) is 0 Å². The Morgan fingerprint density at radius 3 is 2.72 bits per heavy atom. The van der Waals surface area contributed by atoms with E-state index >= 15 is 0 Å². The van der Waals surface area contributed by atoms with Gasteiger partial charge in [0.25, 0.3) is 0 Å². The molecule has 0 bridgehead atoms. The first kappa shape index (κ1) is 12.7. The molecule has 0 aliphatic heterocycles. The molecule has 0 aromatic carbocycles. The van der Waals surface area contributed by atoms with Crippen molar-refractivity contribution in [3.8, 4) is 11.4 Å². The highest BCUT2D eigenvalue weighted by Gasteiger charge is 2.15. The Kier molecular flexibility index (Phi) is 3.72. The summed E-state index contributed by atoms with van der Waals surface area (Å²) >= 11 is 1.59. The lowest BCUT2D eigenvalue weighted by atomic mass is 10.2. The molecule has 0 fully saturated rings. The van der Waals surface area contributed by atoms with Crippen molar-refractivity contribution < 1.29 is 9.53 Å². The lowest BCUT2D eigenvalue weighted by molar-refractivity contribution is 0.0518. The van der Waals surface area contributed by atoms with Gasteiger partial charge in [-0.25, -0.2) is 14.8 Å². The summed E-state index contributed by atoms with van der Waals surface area (Å²) in [6.07, 6.45) is 1.66. The first-order valence-corrected chi connectivity index (χ1v) is 6.61. The maximum absolute atomic E-state index is 11.8. The van der Waals surface area contributed by atoms with Crippen LogP contribution in [0.3, 0.4) is 0 Å². The van der Waals surface area contributed by atoms with E-state index in [2.05, 4.69) is 9.97 Å². The second kappa shape index (κ2) is 5.27. The summed E-state index contributed by atoms with van der Waals surface area (Å²) in [7, 11) is 0. The minimum Gasteiger partial charge on any atom is -0.461 e. The third-order valence-corrected chi connectivity index (χ3v) is 3.40. The van der Waals surface area contributed by atoms with E-state index in [0.29, 0.717) is 18.1 Å². The Balaban J connectivity index is 2.44. The van der Waals surface area contributed by atoms with Crippen molar-refractivity contribution in [2.75, 3.05) is 6.61 Å². The first-order valence-electron chi connectivity index (χ1n) is 5.67. The van der Waals surface area contributed by atoms with Gasteiger partial charge >= 0.3 is 5.97 Å². The van der Waals surface area contributed by atoms with E-state index in [0.717, 1.165) is 16.7 Å². The van der Waals surface area contributed by atoms with Crippen LogP contribution >= 0.6 is 11.3 Å². The van der Waals surface area contributed by atoms with E-state index in [1.165, 1.54) is 0 Å². The minimum atomic E-state index is -0.397. The highest BCUT2D eigenvalue weighted by Crippen LogP contribution is 2.24. The Morgan fingerprint density at radius 1 is 1.33 bits per heavy atom. The molecule has 0 saturated heterocycles. The number of rotatable bonds is 3. The average molecular weight is 262 g/mol. The molecule has 5 heteroatoms. The fraction of sp³-hybridized carbons (Fsp3) is 0.308. The predicted octanol–water partition coefficient (Wildman–Crippen LogP) is 3.00. The van der Waals surface area contributed by atoms with E-state index < -0.39 is 5.97 Å². The van der Waals surface area contributed by atoms with Crippen molar-refractivity contribution in [2.45, 2.75) is 20.8 Å². The van der Waals surface area contributed by atoms with Gasteiger partial charge in [0.2, 0.25) is 0 Å². The second-order valence-corrected chi connectivity index (χ2v) is 4.66. The van der Waals surface area contributed by atoms with Crippen LogP contribution in [0.5, 0.6) is 0 Å². The normalized spacial score (nSPS) is 10.4. The number of carbonyl (C=O) groups excluding carboxylic acids is 1. The zero-order valence-corrected chi connectivity index (χ0v) is 11.4. The number of thiophene rings is 1. The third kappa shape index (κ3) is 2.41. The van der Waals surface area contributed by atoms with Gasteiger partial charge in [-0.2, -0.15) is 11.3 Å². The molecular formula is C13H14N2O2S. The lowest BCUT2D eigenvalue weighted by Crippen LogP contribution is -2.10. The van der Waals surface area contributed by atoms with Crippen LogP contribution in [-0.4, -0.2) is 22.5 Å². The van der Waals surface area contributed by atoms with E-state index in [1.54, 1.807) is 31.4 Å². The molecule has 0 radical (unpaired) electrons. The zero-order chi connectivity index (χ0) is 13.1. The number of hydrogen-bond donors (Lipinski definition) is 0. The third-order valence-electron chi connectivity index (χ3n) is 2.54. The molecule has 0 aliphatic rings. The van der Waals surface area contributed by atoms with Gasteiger partial charge in [0, 0.05) is 22.7 Å². The summed E-state index contributed by atoms with van der Waals surface area (Å²) < 4.78 is 4.98. The monoisotopic (exact) mass is 262 g/mol. The van der Waals surface area contributed by atoms with Crippen molar-refractivity contribution >= 4 is 17.3 Å². The van der Waals surface area contributed by atoms with E-state index in [-0.39, 0.29) is 0 Å². The molecule has 18 heavy (non-hydrogen) atoms. The average Bonchev–Trinajstić information content (AvgIpc) is 2.76. The van der Waals surface area contributed by atoms with Crippen molar-refractivity contribution in [1.82, 2.24) is 9.97 Å². The summed E-state index contributed by atoms with van der Waals surface area (Å²) in [6.45, 7) is 5.92. The lowest BCUT2D eigenvalue weighted by Gasteiger charge is -2.06. The van der Waals surface area contributed by atoms with E-state index in [1.807, 2.05) is 17.7 Å². The maximum atomic E-state index is 11.8. The molecule has 2 rings (SSSR count). The van der Waals surface area contributed by atoms with Gasteiger partial charge < -0.3 is 4.74 Å². The molecule has 0 aliphatic carbocycles. The molecular weight excluding hydrogens is 248 g/mol. The van der Waals surface area contributed by atoms with Gasteiger partial charge in [-0.1, -0.05) is 0 Å². The summed E-state index contributed by atoms with van der Waals surface area (Å²) in [6, 6.07) is 0. The van der Waals surface area contributed by atoms with Crippen LogP contribution in [0.15, 0.2) is 17.0 Å². The zero-order valence-electron chi connectivity index (χ0n) is 10.6. The molecule has 0 unspecified atom stereocenters. The fourth-order valence-corrected chi connectivity index (χ4v) is 2.39. The summed E-state index contributed by atoms with van der Waals surface area (Å²) in [4.78, 5) is 20.4. The van der Waals surface area contributed by atoms with Gasteiger partial charge in [-0.05, 0) is 31.7 Å². The second-order valence-electron chi connectivity index (χ2n) is 3.91. The van der Waals surface area contributed by atoms with E-state index in [4.69, 9.17) is 4.74 Å². The van der Waals surface area contributed by atoms with Crippen LogP contribution in [0, 0.1) is 13.8 Å². The topological polar surface area (TPSA) is 52.1 Å². The molecule has 2 heterocycles. The largest absolute Gasteiger partial charge is 0.461 e. The summed E-state index contributed by atoms with van der Waals surface area (Å²) in [5.41, 5.74) is 3.14. The standard InChI is InChI=1S/C13H14N2O2S/c1-4-17-13(16)11-8(2)5-14-12(15-11)10-7-18-6-9(10)3/h5-7H,4H2,1-3H3. The number of hydrogen-bond acceptors (Lipinski definition) is 5. The molecule has 0 saturated carbocycles. The molecule has 4 nitrogen and oxygen atoms in total. The first-order chi connectivity index (χ1) is 8.63. The van der Waals surface area contributed by atoms with Crippen LogP contribution < -0.4 is 0 Å². The quantitative estimate of drug-likeness (QED) is 0.798. The van der Waals surface area contributed by atoms with Gasteiger partial charge in [0.05, 0.1) is 6.61 Å². The van der Waals surface area contributed by atoms with Crippen LogP contribution in [0.1, 0.15) is 28.5 Å². The number of carbonyl (C=O) groups is 1. The molecule has 2 aromatic rings. The number of nitrogens with zero attached hydrogens (tertiary/aromatic N) is 2. The highest BCUT2D eigenvalue weighted by molar-refractivity contribution is 7.08. The van der Waals surface area contributed by atoms with Gasteiger partial charge in [-0.15, -0.1) is 0 Å². The SMILES string of the molecule is CCOC(=O)c1nc(-c2cscc2C)ncc1C. The van der Waals surface area contributed by atoms with Crippen molar-refractivity contribution in [3.63, 3.8) is 0 Å². The number of aromatic nitrogens is 2. The predicted molar refractivity (Wildman–Crippen MR) is 70.8 cm³/mol. The molecule has 94 valence electrons. The summed E-state index contributed by atoms with van der Waals surface area (Å²) in [5, 5.41) is 4.01. The van der Waals surface area contributed by atoms with Crippen molar-refractivity contribution in [3.05, 3.63) is 33.8 Å². The Labute approximate surface area is 110 Å². The van der Waals surface area contributed by atoms with Crippen LogP contribution in [0.25, 0.3) is 11.4 Å². The molecule has 2 aromatic heterocycles. The molecule has 0 spiro atoms. The Hall–Kier alpha value is -1.75. The maximum Gasteiger partial charge on any atom is 0.357 e. The van der Waals surface area contributed by atoms with Crippen molar-refractivity contribution in [2.24, 2.45) is 0 Å². The van der Waals surface area contributed by atoms with Gasteiger partial charge in [0.15, 0.2) is 11.5 Å². The van der Waals surface area contributed by atoms with Crippen LogP contribution in [0.2, 0.25) is 0 Å². The van der Waals surface area contributed by atoms with Crippen LogP contribution in [0.4, 0.5) is 0 Å². The van der Waals surface area contributed by atoms with Crippen molar-refractivity contribution in [1.29, 1.82) is 0 Å². The van der Waals surface area contributed by atoms with Gasteiger partial charge in [0.1, 0.15) is 0 Å². The molecule has 0 amide bonds. The number of aryl methyl sites for hydroxylation is 2. The molecule has 0 atom stereocenters. The fourth-order valence-electron chi connectivity index (χ4n) is 1.57. The number of ether oxygens (including phenoxy) is 1. The summed E-state index contributed by atoms with van der Waals surface area (Å²) in [5.74, 6) is 0.175. The smallest absolute Gasteiger partial charge is 0.357 e. The van der Waals surface area contributed by atoms with Crippen LogP contribution in [-0.2, 0) is 4.74 Å². The Morgan fingerprint density at radius 2 is 2.11 bits per heavy atom. The number of esters is 1. The van der Waals surface area contributed by atoms with E-state index in [9.17, 15) is 4.79 Å². The Bertz CT molecular complexity index is 578.